The van der Waals surface area contributed by atoms with E-state index in [-0.39, 0.29) is 5.78 Å². The van der Waals surface area contributed by atoms with Gasteiger partial charge in [0.25, 0.3) is 0 Å². The summed E-state index contributed by atoms with van der Waals surface area (Å²) in [7, 11) is 0. The Kier molecular flexibility index (Phi) is 2.84. The maximum Gasteiger partial charge on any atom is 0.135 e. The van der Waals surface area contributed by atoms with E-state index in [1.807, 2.05) is 0 Å². The smallest absolute Gasteiger partial charge is 0.135 e. The minimum Gasteiger partial charge on any atom is -0.323 e. The van der Waals surface area contributed by atoms with Crippen LogP contribution in [0, 0.1) is 0 Å². The summed E-state index contributed by atoms with van der Waals surface area (Å²) in [4.78, 5) is 10.3. The first-order chi connectivity index (χ1) is 3.66. The Hall–Kier alpha value is -0.860. The van der Waals surface area contributed by atoms with Crippen LogP contribution in [0.1, 0.15) is 20.3 Å². The minimum absolute atomic E-state index is 0.0942. The molecule has 0 fully saturated rings. The van der Waals surface area contributed by atoms with Crippen LogP contribution in [0.5, 0.6) is 0 Å². The number of Topliss-reactive ketones (excluding diaryl/α,β-unsaturated/α-hetero) is 1. The van der Waals surface area contributed by atoms with E-state index in [0.717, 1.165) is 0 Å². The molecule has 0 aliphatic rings. The molecule has 0 rings (SSSR count). The Morgan fingerprint density at radius 3 is 2.25 bits per heavy atom. The van der Waals surface area contributed by atoms with Crippen LogP contribution in [0.2, 0.25) is 0 Å². The summed E-state index contributed by atoms with van der Waals surface area (Å²) in [6.07, 6.45) is 0.372. The number of rotatable bonds is 2. The SMILES string of the molecule is CC(=O)CC(C)=NN. The number of hydrogen-bond acceptors (Lipinski definition) is 3. The lowest BCUT2D eigenvalue weighted by Gasteiger charge is -1.89. The molecule has 0 saturated carbocycles. The number of nitrogens with zero attached hydrogens (tertiary/aromatic N) is 1. The van der Waals surface area contributed by atoms with Gasteiger partial charge < -0.3 is 5.84 Å². The number of ketones is 1. The van der Waals surface area contributed by atoms with E-state index in [1.165, 1.54) is 6.92 Å². The lowest BCUT2D eigenvalue weighted by atomic mass is 10.2. The molecule has 0 amide bonds. The topological polar surface area (TPSA) is 55.5 Å². The van der Waals surface area contributed by atoms with Crippen LogP contribution >= 0.6 is 0 Å². The molecule has 0 aromatic heterocycles. The summed E-state index contributed by atoms with van der Waals surface area (Å²) < 4.78 is 0. The molecule has 0 heterocycles. The molecule has 0 aromatic carbocycles. The summed E-state index contributed by atoms with van der Waals surface area (Å²) in [5.41, 5.74) is 0.678. The lowest BCUT2D eigenvalue weighted by Crippen LogP contribution is -2.02. The van der Waals surface area contributed by atoms with Crippen LogP contribution in [-0.2, 0) is 4.79 Å². The van der Waals surface area contributed by atoms with Crippen molar-refractivity contribution in [3.8, 4) is 0 Å². The zero-order chi connectivity index (χ0) is 6.57. The fourth-order valence-electron chi connectivity index (χ4n) is 0.406. The Morgan fingerprint density at radius 2 is 2.12 bits per heavy atom. The van der Waals surface area contributed by atoms with Gasteiger partial charge in [-0.1, -0.05) is 0 Å². The Labute approximate surface area is 48.6 Å². The highest BCUT2D eigenvalue weighted by Gasteiger charge is 1.93. The number of hydrazone groups is 1. The molecule has 0 bridgehead atoms. The minimum atomic E-state index is 0.0942. The van der Waals surface area contributed by atoms with Crippen molar-refractivity contribution in [2.75, 3.05) is 0 Å². The van der Waals surface area contributed by atoms with Gasteiger partial charge in [-0.25, -0.2) is 0 Å². The van der Waals surface area contributed by atoms with Gasteiger partial charge in [0.15, 0.2) is 0 Å². The molecule has 0 radical (unpaired) electrons. The van der Waals surface area contributed by atoms with Gasteiger partial charge in [-0.3, -0.25) is 4.79 Å². The summed E-state index contributed by atoms with van der Waals surface area (Å²) in [5, 5.41) is 3.32. The first-order valence-corrected chi connectivity index (χ1v) is 2.39. The average molecular weight is 114 g/mol. The second kappa shape index (κ2) is 3.18. The zero-order valence-corrected chi connectivity index (χ0v) is 5.14. The maximum absolute atomic E-state index is 10.3. The molecule has 0 aromatic rings. The number of nitrogens with two attached hydrogens (primary N) is 1. The van der Waals surface area contributed by atoms with E-state index in [0.29, 0.717) is 12.1 Å². The van der Waals surface area contributed by atoms with Gasteiger partial charge >= 0.3 is 0 Å². The predicted molar refractivity (Wildman–Crippen MR) is 32.6 cm³/mol. The van der Waals surface area contributed by atoms with E-state index in [2.05, 4.69) is 5.10 Å². The first kappa shape index (κ1) is 7.14. The number of carbonyl (C=O) groups excluding carboxylic acids is 1. The van der Waals surface area contributed by atoms with Crippen molar-refractivity contribution in [2.24, 2.45) is 10.9 Å². The summed E-state index contributed by atoms with van der Waals surface area (Å²) >= 11 is 0. The van der Waals surface area contributed by atoms with E-state index >= 15 is 0 Å². The van der Waals surface area contributed by atoms with Crippen LogP contribution in [0.3, 0.4) is 0 Å². The molecular formula is C5H10N2O. The van der Waals surface area contributed by atoms with E-state index in [1.54, 1.807) is 6.92 Å². The predicted octanol–water partition coefficient (Wildman–Crippen LogP) is 0.300. The van der Waals surface area contributed by atoms with Crippen LogP contribution in [0.15, 0.2) is 5.10 Å². The van der Waals surface area contributed by atoms with Gasteiger partial charge in [0, 0.05) is 12.1 Å². The molecule has 3 nitrogen and oxygen atoms in total. The summed E-state index contributed by atoms with van der Waals surface area (Å²) in [5.74, 6) is 4.95. The van der Waals surface area contributed by atoms with E-state index in [9.17, 15) is 4.79 Å². The Morgan fingerprint density at radius 1 is 1.62 bits per heavy atom. The highest BCUT2D eigenvalue weighted by atomic mass is 16.1. The van der Waals surface area contributed by atoms with Crippen molar-refractivity contribution >= 4 is 11.5 Å². The van der Waals surface area contributed by atoms with Crippen LogP contribution in [-0.4, -0.2) is 11.5 Å². The fraction of sp³-hybridized carbons (Fsp3) is 0.600. The molecule has 2 N–H and O–H groups in total. The largest absolute Gasteiger partial charge is 0.323 e. The normalized spacial score (nSPS) is 11.5. The summed E-state index contributed by atoms with van der Waals surface area (Å²) in [6.45, 7) is 3.23. The van der Waals surface area contributed by atoms with Gasteiger partial charge in [-0.15, -0.1) is 0 Å². The molecule has 0 saturated heterocycles. The fourth-order valence-corrected chi connectivity index (χ4v) is 0.406. The summed E-state index contributed by atoms with van der Waals surface area (Å²) in [6, 6.07) is 0. The lowest BCUT2D eigenvalue weighted by molar-refractivity contribution is -0.115. The molecule has 0 aliphatic heterocycles. The highest BCUT2D eigenvalue weighted by molar-refractivity contribution is 5.99. The second-order valence-corrected chi connectivity index (χ2v) is 1.74. The van der Waals surface area contributed by atoms with Gasteiger partial charge in [0.05, 0.1) is 0 Å². The van der Waals surface area contributed by atoms with E-state index < -0.39 is 0 Å². The Balaban J connectivity index is 3.56. The van der Waals surface area contributed by atoms with E-state index in [4.69, 9.17) is 5.84 Å². The third-order valence-corrected chi connectivity index (χ3v) is 0.725. The van der Waals surface area contributed by atoms with Gasteiger partial charge in [0.2, 0.25) is 0 Å². The number of carbonyl (C=O) groups is 1. The molecule has 3 heteroatoms. The van der Waals surface area contributed by atoms with Crippen molar-refractivity contribution in [2.45, 2.75) is 20.3 Å². The quantitative estimate of drug-likeness (QED) is 0.319. The molecule has 0 atom stereocenters. The monoisotopic (exact) mass is 114 g/mol. The van der Waals surface area contributed by atoms with Crippen LogP contribution < -0.4 is 5.84 Å². The molecule has 8 heavy (non-hydrogen) atoms. The average Bonchev–Trinajstić information content (AvgIpc) is 1.65. The van der Waals surface area contributed by atoms with Crippen LogP contribution in [0.4, 0.5) is 0 Å². The van der Waals surface area contributed by atoms with Crippen molar-refractivity contribution < 1.29 is 4.79 Å². The third kappa shape index (κ3) is 3.33. The van der Waals surface area contributed by atoms with Crippen molar-refractivity contribution in [1.82, 2.24) is 0 Å². The van der Waals surface area contributed by atoms with Crippen molar-refractivity contribution in [1.29, 1.82) is 0 Å². The zero-order valence-electron chi connectivity index (χ0n) is 5.14. The maximum atomic E-state index is 10.3. The molecule has 0 spiro atoms. The molecule has 46 valence electrons. The standard InChI is InChI=1S/C5H10N2O/c1-4(7-6)3-5(2)8/h3,6H2,1-2H3. The first-order valence-electron chi connectivity index (χ1n) is 2.39. The molecular weight excluding hydrogens is 104 g/mol. The Bertz CT molecular complexity index is 118. The van der Waals surface area contributed by atoms with Crippen molar-refractivity contribution in [3.63, 3.8) is 0 Å². The molecule has 0 aliphatic carbocycles. The van der Waals surface area contributed by atoms with Crippen molar-refractivity contribution in [3.05, 3.63) is 0 Å². The number of hydrogen-bond donors (Lipinski definition) is 1. The highest BCUT2D eigenvalue weighted by Crippen LogP contribution is 1.83. The third-order valence-electron chi connectivity index (χ3n) is 0.725. The molecule has 0 unspecified atom stereocenters. The second-order valence-electron chi connectivity index (χ2n) is 1.74. The van der Waals surface area contributed by atoms with Gasteiger partial charge in [-0.05, 0) is 13.8 Å². The van der Waals surface area contributed by atoms with Gasteiger partial charge in [-0.2, -0.15) is 5.10 Å². The van der Waals surface area contributed by atoms with Gasteiger partial charge in [0.1, 0.15) is 5.78 Å². The van der Waals surface area contributed by atoms with Crippen LogP contribution in [0.25, 0.3) is 0 Å².